The van der Waals surface area contributed by atoms with Crippen LogP contribution in [0.3, 0.4) is 0 Å². The number of aromatic nitrogens is 2. The smallest absolute Gasteiger partial charge is 0.144 e. The molecule has 4 rings (SSSR count). The van der Waals surface area contributed by atoms with Crippen molar-refractivity contribution in [3.63, 3.8) is 0 Å². The lowest BCUT2D eigenvalue weighted by atomic mass is 10.1. The Morgan fingerprint density at radius 3 is 2.45 bits per heavy atom. The molecule has 0 aliphatic heterocycles. The topological polar surface area (TPSA) is 36.3 Å². The molecule has 0 radical (unpaired) electrons. The van der Waals surface area contributed by atoms with Gasteiger partial charge < -0.3 is 14.0 Å². The zero-order valence-electron chi connectivity index (χ0n) is 18.4. The van der Waals surface area contributed by atoms with E-state index < -0.39 is 0 Å². The van der Waals surface area contributed by atoms with Crippen LogP contribution in [0.5, 0.6) is 11.5 Å². The molecule has 4 heteroatoms. The highest BCUT2D eigenvalue weighted by atomic mass is 16.5. The first-order valence-electron chi connectivity index (χ1n) is 11.2. The van der Waals surface area contributed by atoms with E-state index in [2.05, 4.69) is 48.7 Å². The minimum Gasteiger partial charge on any atom is -0.494 e. The second kappa shape index (κ2) is 10.2. The molecule has 0 aliphatic carbocycles. The van der Waals surface area contributed by atoms with Crippen LogP contribution in [0, 0.1) is 0 Å². The Bertz CT molecular complexity index is 1120. The second-order valence-corrected chi connectivity index (χ2v) is 7.71. The first kappa shape index (κ1) is 21.0. The normalized spacial score (nSPS) is 11.0. The molecule has 0 spiro atoms. The molecule has 0 saturated heterocycles. The fourth-order valence-corrected chi connectivity index (χ4v) is 3.67. The van der Waals surface area contributed by atoms with Crippen LogP contribution in [-0.4, -0.2) is 16.2 Å². The first-order chi connectivity index (χ1) is 15.3. The van der Waals surface area contributed by atoms with Gasteiger partial charge in [-0.2, -0.15) is 0 Å². The number of hydrogen-bond acceptors (Lipinski definition) is 3. The zero-order chi connectivity index (χ0) is 21.5. The first-order valence-corrected chi connectivity index (χ1v) is 11.2. The molecular weight excluding hydrogens is 384 g/mol. The lowest BCUT2D eigenvalue weighted by Crippen LogP contribution is -2.03. The van der Waals surface area contributed by atoms with Crippen LogP contribution in [0.4, 0.5) is 0 Å². The van der Waals surface area contributed by atoms with Gasteiger partial charge in [0.25, 0.3) is 0 Å². The molecule has 0 bridgehead atoms. The Hall–Kier alpha value is -3.27. The molecule has 4 nitrogen and oxygen atoms in total. The van der Waals surface area contributed by atoms with Crippen molar-refractivity contribution < 1.29 is 9.47 Å². The third kappa shape index (κ3) is 4.91. The van der Waals surface area contributed by atoms with Crippen molar-refractivity contribution in [2.45, 2.75) is 46.3 Å². The summed E-state index contributed by atoms with van der Waals surface area (Å²) in [5, 5.41) is 0. The lowest BCUT2D eigenvalue weighted by molar-refractivity contribution is 0.307. The molecular formula is C27H30N2O2. The molecule has 1 aromatic heterocycles. The van der Waals surface area contributed by atoms with E-state index in [0.717, 1.165) is 71.9 Å². The summed E-state index contributed by atoms with van der Waals surface area (Å²) in [7, 11) is 0. The monoisotopic (exact) mass is 414 g/mol. The third-order valence-electron chi connectivity index (χ3n) is 5.29. The maximum atomic E-state index is 6.23. The molecule has 0 fully saturated rings. The van der Waals surface area contributed by atoms with Crippen LogP contribution in [0.15, 0.2) is 72.8 Å². The number of imidazole rings is 1. The van der Waals surface area contributed by atoms with Gasteiger partial charge in [-0.15, -0.1) is 0 Å². The van der Waals surface area contributed by atoms with Crippen molar-refractivity contribution in [3.8, 4) is 22.9 Å². The van der Waals surface area contributed by atoms with Crippen molar-refractivity contribution in [1.29, 1.82) is 0 Å². The summed E-state index contributed by atoms with van der Waals surface area (Å²) in [5.74, 6) is 2.69. The molecule has 4 aromatic rings. The SMILES string of the molecule is CCCCn1c(-c2ccccc2OCc2ccccc2)nc2ccc(OCCC)cc21. The van der Waals surface area contributed by atoms with Crippen molar-refractivity contribution in [1.82, 2.24) is 9.55 Å². The van der Waals surface area contributed by atoms with Gasteiger partial charge in [0.2, 0.25) is 0 Å². The lowest BCUT2D eigenvalue weighted by Gasteiger charge is -2.14. The maximum Gasteiger partial charge on any atom is 0.144 e. The molecule has 1 heterocycles. The van der Waals surface area contributed by atoms with Gasteiger partial charge in [0.1, 0.15) is 23.9 Å². The molecule has 0 N–H and O–H groups in total. The van der Waals surface area contributed by atoms with Crippen LogP contribution in [0.1, 0.15) is 38.7 Å². The maximum absolute atomic E-state index is 6.23. The van der Waals surface area contributed by atoms with E-state index in [9.17, 15) is 0 Å². The summed E-state index contributed by atoms with van der Waals surface area (Å²) in [6.07, 6.45) is 3.20. The Morgan fingerprint density at radius 1 is 0.839 bits per heavy atom. The van der Waals surface area contributed by atoms with E-state index in [-0.39, 0.29) is 0 Å². The number of para-hydroxylation sites is 1. The number of unbranched alkanes of at least 4 members (excludes halogenated alkanes) is 1. The van der Waals surface area contributed by atoms with Crippen molar-refractivity contribution in [2.24, 2.45) is 0 Å². The van der Waals surface area contributed by atoms with Crippen LogP contribution in [0.2, 0.25) is 0 Å². The van der Waals surface area contributed by atoms with Gasteiger partial charge in [-0.1, -0.05) is 62.7 Å². The summed E-state index contributed by atoms with van der Waals surface area (Å²) >= 11 is 0. The molecule has 0 saturated carbocycles. The summed E-state index contributed by atoms with van der Waals surface area (Å²) in [4.78, 5) is 5.00. The minimum absolute atomic E-state index is 0.530. The van der Waals surface area contributed by atoms with E-state index >= 15 is 0 Å². The molecule has 0 atom stereocenters. The van der Waals surface area contributed by atoms with Crippen LogP contribution in [-0.2, 0) is 13.2 Å². The number of benzene rings is 3. The van der Waals surface area contributed by atoms with Crippen LogP contribution >= 0.6 is 0 Å². The van der Waals surface area contributed by atoms with Gasteiger partial charge in [-0.3, -0.25) is 0 Å². The van der Waals surface area contributed by atoms with E-state index in [1.54, 1.807) is 0 Å². The van der Waals surface area contributed by atoms with E-state index in [0.29, 0.717) is 6.61 Å². The van der Waals surface area contributed by atoms with Gasteiger partial charge in [0.05, 0.1) is 23.2 Å². The van der Waals surface area contributed by atoms with Crippen molar-refractivity contribution >= 4 is 11.0 Å². The predicted molar refractivity (Wildman–Crippen MR) is 127 cm³/mol. The second-order valence-electron chi connectivity index (χ2n) is 7.71. The third-order valence-corrected chi connectivity index (χ3v) is 5.29. The van der Waals surface area contributed by atoms with Gasteiger partial charge in [-0.05, 0) is 42.7 Å². The number of hydrogen-bond donors (Lipinski definition) is 0. The quantitative estimate of drug-likeness (QED) is 0.284. The molecule has 3 aromatic carbocycles. The summed E-state index contributed by atoms with van der Waals surface area (Å²) in [5.41, 5.74) is 4.25. The fraction of sp³-hybridized carbons (Fsp3) is 0.296. The van der Waals surface area contributed by atoms with Crippen LogP contribution < -0.4 is 9.47 Å². The molecule has 160 valence electrons. The number of nitrogens with zero attached hydrogens (tertiary/aromatic N) is 2. The van der Waals surface area contributed by atoms with Crippen molar-refractivity contribution in [3.05, 3.63) is 78.4 Å². The number of fused-ring (bicyclic) bond motifs is 1. The molecule has 31 heavy (non-hydrogen) atoms. The number of aryl methyl sites for hydroxylation is 1. The Labute approximate surface area is 184 Å². The summed E-state index contributed by atoms with van der Waals surface area (Å²) in [6.45, 7) is 6.49. The molecule has 0 amide bonds. The minimum atomic E-state index is 0.530. The zero-order valence-corrected chi connectivity index (χ0v) is 18.4. The summed E-state index contributed by atoms with van der Waals surface area (Å²) < 4.78 is 14.4. The van der Waals surface area contributed by atoms with E-state index in [1.165, 1.54) is 0 Å². The Kier molecular flexibility index (Phi) is 6.88. The van der Waals surface area contributed by atoms with Gasteiger partial charge >= 0.3 is 0 Å². The molecule has 0 unspecified atom stereocenters. The van der Waals surface area contributed by atoms with Gasteiger partial charge in [0.15, 0.2) is 0 Å². The average Bonchev–Trinajstić information content (AvgIpc) is 3.18. The van der Waals surface area contributed by atoms with Gasteiger partial charge in [-0.25, -0.2) is 4.98 Å². The van der Waals surface area contributed by atoms with Crippen molar-refractivity contribution in [2.75, 3.05) is 6.61 Å². The van der Waals surface area contributed by atoms with E-state index in [4.69, 9.17) is 14.5 Å². The van der Waals surface area contributed by atoms with E-state index in [1.807, 2.05) is 42.5 Å². The highest BCUT2D eigenvalue weighted by molar-refractivity contribution is 5.83. The Balaban J connectivity index is 1.72. The Morgan fingerprint density at radius 2 is 1.65 bits per heavy atom. The predicted octanol–water partition coefficient (Wildman–Crippen LogP) is 6.87. The molecule has 0 aliphatic rings. The van der Waals surface area contributed by atoms with Gasteiger partial charge in [0, 0.05) is 12.6 Å². The highest BCUT2D eigenvalue weighted by Crippen LogP contribution is 2.34. The highest BCUT2D eigenvalue weighted by Gasteiger charge is 2.17. The summed E-state index contributed by atoms with van der Waals surface area (Å²) in [6, 6.07) is 24.6. The number of ether oxygens (including phenoxy) is 2. The average molecular weight is 415 g/mol. The van der Waals surface area contributed by atoms with Crippen LogP contribution in [0.25, 0.3) is 22.4 Å². The fourth-order valence-electron chi connectivity index (χ4n) is 3.67. The number of rotatable bonds is 10. The largest absolute Gasteiger partial charge is 0.494 e. The standard InChI is InChI=1S/C27H30N2O2/c1-3-5-17-29-25-19-22(30-18-4-2)15-16-24(25)28-27(29)23-13-9-10-14-26(23)31-20-21-11-7-6-8-12-21/h6-16,19H,3-5,17-18,20H2,1-2H3.